The summed E-state index contributed by atoms with van der Waals surface area (Å²) in [7, 11) is 1.57. The van der Waals surface area contributed by atoms with Crippen LogP contribution in [0.25, 0.3) is 0 Å². The number of hydrogen-bond acceptors (Lipinski definition) is 6. The maximum atomic E-state index is 12.2. The first kappa shape index (κ1) is 18.4. The third-order valence-electron chi connectivity index (χ3n) is 4.25. The lowest BCUT2D eigenvalue weighted by atomic mass is 10.1. The smallest absolute Gasteiger partial charge is 0.261 e. The van der Waals surface area contributed by atoms with Crippen molar-refractivity contribution in [2.24, 2.45) is 5.92 Å². The van der Waals surface area contributed by atoms with Gasteiger partial charge in [0.2, 0.25) is 0 Å². The molecule has 138 valence electrons. The lowest BCUT2D eigenvalue weighted by molar-refractivity contribution is 0.0930. The Bertz CT molecular complexity index is 775. The number of carbonyl (C=O) groups is 2. The number of anilines is 1. The van der Waals surface area contributed by atoms with E-state index in [0.29, 0.717) is 40.8 Å². The molecule has 1 saturated heterocycles. The first-order valence-electron chi connectivity index (χ1n) is 8.29. The van der Waals surface area contributed by atoms with Crippen LogP contribution in [-0.4, -0.2) is 49.8 Å². The maximum Gasteiger partial charge on any atom is 0.261 e. The van der Waals surface area contributed by atoms with Crippen LogP contribution in [0.3, 0.4) is 0 Å². The van der Waals surface area contributed by atoms with Gasteiger partial charge in [0.15, 0.2) is 0 Å². The molecule has 0 spiro atoms. The van der Waals surface area contributed by atoms with Crippen LogP contribution in [0.2, 0.25) is 0 Å². The summed E-state index contributed by atoms with van der Waals surface area (Å²) in [5.74, 6) is 0.244. The van der Waals surface area contributed by atoms with Crippen LogP contribution in [0.5, 0.6) is 5.75 Å². The lowest BCUT2D eigenvalue weighted by Crippen LogP contribution is -2.34. The van der Waals surface area contributed by atoms with Crippen molar-refractivity contribution in [1.82, 2.24) is 10.6 Å². The van der Waals surface area contributed by atoms with Gasteiger partial charge in [-0.05, 0) is 36.4 Å². The highest BCUT2D eigenvalue weighted by Crippen LogP contribution is 2.23. The van der Waals surface area contributed by atoms with Crippen LogP contribution in [-0.2, 0) is 0 Å². The van der Waals surface area contributed by atoms with E-state index >= 15 is 0 Å². The highest BCUT2D eigenvalue weighted by atomic mass is 32.1. The number of thiophene rings is 1. The summed E-state index contributed by atoms with van der Waals surface area (Å²) in [5.41, 5.74) is 0.507. The van der Waals surface area contributed by atoms with Gasteiger partial charge in [-0.1, -0.05) is 0 Å². The molecule has 1 aliphatic heterocycles. The Morgan fingerprint density at radius 2 is 1.96 bits per heavy atom. The molecule has 1 aromatic carbocycles. The van der Waals surface area contributed by atoms with Crippen LogP contribution in [0, 0.1) is 5.92 Å². The topological polar surface area (TPSA) is 99.7 Å². The van der Waals surface area contributed by atoms with Crippen LogP contribution in [0.4, 0.5) is 5.00 Å². The van der Waals surface area contributed by atoms with Crippen molar-refractivity contribution in [1.29, 1.82) is 0 Å². The van der Waals surface area contributed by atoms with Crippen molar-refractivity contribution in [2.75, 3.05) is 32.1 Å². The van der Waals surface area contributed by atoms with Gasteiger partial charge in [0.25, 0.3) is 11.8 Å². The zero-order valence-electron chi connectivity index (χ0n) is 14.3. The summed E-state index contributed by atoms with van der Waals surface area (Å²) in [6, 6.07) is 10.2. The molecule has 26 heavy (non-hydrogen) atoms. The van der Waals surface area contributed by atoms with Gasteiger partial charge >= 0.3 is 0 Å². The fourth-order valence-electron chi connectivity index (χ4n) is 2.69. The van der Waals surface area contributed by atoms with E-state index < -0.39 is 6.10 Å². The van der Waals surface area contributed by atoms with Gasteiger partial charge in [-0.15, -0.1) is 11.3 Å². The first-order chi connectivity index (χ1) is 12.6. The van der Waals surface area contributed by atoms with Crippen molar-refractivity contribution < 1.29 is 19.4 Å². The number of β-amino-alcohol motifs (C(OH)–C–C–N with tert-alkyl or cyclic N) is 1. The number of amides is 2. The Morgan fingerprint density at radius 3 is 2.62 bits per heavy atom. The monoisotopic (exact) mass is 375 g/mol. The van der Waals surface area contributed by atoms with Crippen molar-refractivity contribution in [3.05, 3.63) is 46.8 Å². The van der Waals surface area contributed by atoms with Gasteiger partial charge in [0, 0.05) is 31.1 Å². The van der Waals surface area contributed by atoms with E-state index in [4.69, 9.17) is 4.74 Å². The molecule has 2 heterocycles. The highest BCUT2D eigenvalue weighted by molar-refractivity contribution is 7.18. The average molecular weight is 375 g/mol. The van der Waals surface area contributed by atoms with Crippen LogP contribution in [0.1, 0.15) is 20.0 Å². The third kappa shape index (κ3) is 4.40. The van der Waals surface area contributed by atoms with Gasteiger partial charge < -0.3 is 25.8 Å². The molecule has 4 N–H and O–H groups in total. The Labute approximate surface area is 155 Å². The molecule has 2 amide bonds. The Balaban J connectivity index is 1.54. The first-order valence-corrected chi connectivity index (χ1v) is 9.10. The van der Waals surface area contributed by atoms with Crippen molar-refractivity contribution in [2.45, 2.75) is 6.10 Å². The molecule has 1 aliphatic rings. The van der Waals surface area contributed by atoms with Crippen molar-refractivity contribution >= 4 is 28.2 Å². The second-order valence-corrected chi connectivity index (χ2v) is 7.13. The number of aliphatic hydroxyl groups is 1. The molecule has 3 rings (SSSR count). The minimum atomic E-state index is -0.432. The van der Waals surface area contributed by atoms with Gasteiger partial charge in [-0.3, -0.25) is 9.59 Å². The molecule has 7 nitrogen and oxygen atoms in total. The minimum Gasteiger partial charge on any atom is -0.497 e. The standard InChI is InChI=1S/C18H21N3O4S/c1-25-13-4-2-11(3-5-13)17(23)21-16-7-6-15(26-16)18(24)20-9-12-8-19-10-14(12)22/h2-7,12,14,19,22H,8-10H2,1H3,(H,20,24)(H,21,23). The van der Waals surface area contributed by atoms with E-state index in [1.807, 2.05) is 0 Å². The number of carbonyl (C=O) groups excluding carboxylic acids is 2. The normalized spacial score (nSPS) is 19.2. The molecule has 2 unspecified atom stereocenters. The molecule has 0 aliphatic carbocycles. The van der Waals surface area contributed by atoms with E-state index in [1.165, 1.54) is 11.3 Å². The molecule has 0 bridgehead atoms. The van der Waals surface area contributed by atoms with Gasteiger partial charge in [-0.2, -0.15) is 0 Å². The second kappa shape index (κ2) is 8.31. The Morgan fingerprint density at radius 1 is 1.19 bits per heavy atom. The molecule has 2 aromatic rings. The number of benzene rings is 1. The summed E-state index contributed by atoms with van der Waals surface area (Å²) in [6.07, 6.45) is -0.432. The number of hydrogen-bond donors (Lipinski definition) is 4. The molecule has 1 fully saturated rings. The lowest BCUT2D eigenvalue weighted by Gasteiger charge is -2.13. The fourth-order valence-corrected chi connectivity index (χ4v) is 3.51. The minimum absolute atomic E-state index is 0.0214. The summed E-state index contributed by atoms with van der Waals surface area (Å²) < 4.78 is 5.07. The third-order valence-corrected chi connectivity index (χ3v) is 5.25. The molecule has 0 radical (unpaired) electrons. The van der Waals surface area contributed by atoms with E-state index in [2.05, 4.69) is 16.0 Å². The second-order valence-electron chi connectivity index (χ2n) is 6.04. The summed E-state index contributed by atoms with van der Waals surface area (Å²) in [6.45, 7) is 1.66. The Kier molecular flexibility index (Phi) is 5.87. The number of methoxy groups -OCH3 is 1. The SMILES string of the molecule is COc1ccc(C(=O)Nc2ccc(C(=O)NCC3CNCC3O)s2)cc1. The maximum absolute atomic E-state index is 12.2. The van der Waals surface area contributed by atoms with Crippen molar-refractivity contribution in [3.8, 4) is 5.75 Å². The number of rotatable bonds is 6. The molecule has 8 heteroatoms. The fraction of sp³-hybridized carbons (Fsp3) is 0.333. The molecular weight excluding hydrogens is 354 g/mol. The predicted molar refractivity (Wildman–Crippen MR) is 100.0 cm³/mol. The van der Waals surface area contributed by atoms with Gasteiger partial charge in [0.05, 0.1) is 23.1 Å². The van der Waals surface area contributed by atoms with E-state index in [1.54, 1.807) is 43.5 Å². The summed E-state index contributed by atoms with van der Waals surface area (Å²) >= 11 is 1.21. The number of nitrogens with one attached hydrogen (secondary N) is 3. The van der Waals surface area contributed by atoms with Crippen LogP contribution in [0.15, 0.2) is 36.4 Å². The van der Waals surface area contributed by atoms with Crippen molar-refractivity contribution in [3.63, 3.8) is 0 Å². The summed E-state index contributed by atoms with van der Waals surface area (Å²) in [5, 5.41) is 19.0. The van der Waals surface area contributed by atoms with E-state index in [-0.39, 0.29) is 17.7 Å². The molecule has 0 saturated carbocycles. The van der Waals surface area contributed by atoms with Gasteiger partial charge in [0.1, 0.15) is 5.75 Å². The van der Waals surface area contributed by atoms with Crippen LogP contribution < -0.4 is 20.7 Å². The van der Waals surface area contributed by atoms with Gasteiger partial charge in [-0.25, -0.2) is 0 Å². The zero-order chi connectivity index (χ0) is 18.5. The molecule has 1 aromatic heterocycles. The Hall–Kier alpha value is -2.42. The van der Waals surface area contributed by atoms with E-state index in [9.17, 15) is 14.7 Å². The number of aliphatic hydroxyl groups excluding tert-OH is 1. The molecule has 2 atom stereocenters. The molecular formula is C18H21N3O4S. The average Bonchev–Trinajstić information content (AvgIpc) is 3.28. The summed E-state index contributed by atoms with van der Waals surface area (Å²) in [4.78, 5) is 25.0. The number of ether oxygens (including phenoxy) is 1. The largest absolute Gasteiger partial charge is 0.497 e. The van der Waals surface area contributed by atoms with E-state index in [0.717, 1.165) is 0 Å². The zero-order valence-corrected chi connectivity index (χ0v) is 15.1. The predicted octanol–water partition coefficient (Wildman–Crippen LogP) is 1.32. The highest BCUT2D eigenvalue weighted by Gasteiger charge is 2.25. The quantitative estimate of drug-likeness (QED) is 0.610. The van der Waals surface area contributed by atoms with Crippen LogP contribution >= 0.6 is 11.3 Å².